The van der Waals surface area contributed by atoms with E-state index in [-0.39, 0.29) is 40.8 Å². The molecule has 6 rings (SSSR count). The van der Waals surface area contributed by atoms with E-state index in [1.807, 2.05) is 48.2 Å². The number of carbonyl (C=O) groups excluding carboxylic acids is 1. The predicted octanol–water partition coefficient (Wildman–Crippen LogP) is 4.74. The van der Waals surface area contributed by atoms with E-state index in [2.05, 4.69) is 15.3 Å². The van der Waals surface area contributed by atoms with Crippen molar-refractivity contribution in [2.24, 2.45) is 0 Å². The fraction of sp³-hybridized carbons (Fsp3) is 0.367. The van der Waals surface area contributed by atoms with Crippen molar-refractivity contribution in [1.29, 1.82) is 0 Å². The second kappa shape index (κ2) is 11.4. The number of halogens is 1. The molecule has 3 aromatic heterocycles. The van der Waals surface area contributed by atoms with E-state index < -0.39 is 11.4 Å². The smallest absolute Gasteiger partial charge is 0.333 e. The SMILES string of the molecule is O=C(NC1CCC(n2c(=O)c3cc(F)cnc3n(C3CCSCC3)c2=O)CC1)c1cncc(-c2ccccc2)c1. The number of carbonyl (C=O) groups is 1. The number of rotatable bonds is 5. The van der Waals surface area contributed by atoms with Crippen LogP contribution in [0.5, 0.6) is 0 Å². The van der Waals surface area contributed by atoms with E-state index in [4.69, 9.17) is 0 Å². The molecule has 0 spiro atoms. The van der Waals surface area contributed by atoms with E-state index >= 15 is 0 Å². The first-order valence-electron chi connectivity index (χ1n) is 13.7. The molecule has 1 saturated carbocycles. The van der Waals surface area contributed by atoms with Gasteiger partial charge in [0.2, 0.25) is 0 Å². The zero-order chi connectivity index (χ0) is 27.6. The summed E-state index contributed by atoms with van der Waals surface area (Å²) >= 11 is 1.84. The third-order valence-corrected chi connectivity index (χ3v) is 9.03. The van der Waals surface area contributed by atoms with E-state index in [0.29, 0.717) is 31.2 Å². The Hall–Kier alpha value is -3.79. The number of benzene rings is 1. The van der Waals surface area contributed by atoms with Gasteiger partial charge < -0.3 is 5.32 Å². The molecule has 206 valence electrons. The lowest BCUT2D eigenvalue weighted by Crippen LogP contribution is -2.46. The molecule has 4 aromatic rings. The van der Waals surface area contributed by atoms with Gasteiger partial charge in [0.1, 0.15) is 11.5 Å². The van der Waals surface area contributed by atoms with Gasteiger partial charge in [-0.1, -0.05) is 30.3 Å². The summed E-state index contributed by atoms with van der Waals surface area (Å²) in [7, 11) is 0. The van der Waals surface area contributed by atoms with Gasteiger partial charge in [0.15, 0.2) is 0 Å². The molecular weight excluding hydrogens is 529 g/mol. The Morgan fingerprint density at radius 2 is 1.60 bits per heavy atom. The number of thioether (sulfide) groups is 1. The maximum atomic E-state index is 14.2. The molecule has 1 N–H and O–H groups in total. The van der Waals surface area contributed by atoms with Crippen molar-refractivity contribution in [3.05, 3.63) is 93.3 Å². The van der Waals surface area contributed by atoms with Crippen LogP contribution in [0, 0.1) is 5.82 Å². The summed E-state index contributed by atoms with van der Waals surface area (Å²) < 4.78 is 17.1. The highest BCUT2D eigenvalue weighted by Crippen LogP contribution is 2.30. The highest BCUT2D eigenvalue weighted by atomic mass is 32.2. The lowest BCUT2D eigenvalue weighted by Gasteiger charge is -2.31. The maximum Gasteiger partial charge on any atom is 0.333 e. The van der Waals surface area contributed by atoms with Crippen LogP contribution in [0.3, 0.4) is 0 Å². The molecule has 40 heavy (non-hydrogen) atoms. The van der Waals surface area contributed by atoms with Gasteiger partial charge in [-0.25, -0.2) is 14.2 Å². The molecule has 1 aromatic carbocycles. The number of aromatic nitrogens is 4. The molecule has 0 bridgehead atoms. The van der Waals surface area contributed by atoms with Gasteiger partial charge >= 0.3 is 5.69 Å². The van der Waals surface area contributed by atoms with Gasteiger partial charge in [-0.15, -0.1) is 0 Å². The van der Waals surface area contributed by atoms with Crippen LogP contribution in [-0.4, -0.2) is 42.6 Å². The highest BCUT2D eigenvalue weighted by molar-refractivity contribution is 7.99. The molecule has 2 aliphatic rings. The van der Waals surface area contributed by atoms with Crippen LogP contribution in [0.15, 0.2) is 70.6 Å². The fourth-order valence-electron chi connectivity index (χ4n) is 5.90. The van der Waals surface area contributed by atoms with Crippen molar-refractivity contribution in [1.82, 2.24) is 24.4 Å². The maximum absolute atomic E-state index is 14.2. The summed E-state index contributed by atoms with van der Waals surface area (Å²) in [6.45, 7) is 0. The molecule has 0 radical (unpaired) electrons. The van der Waals surface area contributed by atoms with E-state index in [1.165, 1.54) is 10.6 Å². The standard InChI is InChI=1S/C30H30FN5O3S/c31-22-15-26-27(33-18-22)35(25-10-12-40-13-11-25)30(39)36(29(26)38)24-8-6-23(7-9-24)34-28(37)21-14-20(16-32-17-21)19-4-2-1-3-5-19/h1-5,14-18,23-25H,6-13H2,(H,34,37). The number of nitrogens with zero attached hydrogens (tertiary/aromatic N) is 4. The van der Waals surface area contributed by atoms with Gasteiger partial charge in [-0.05, 0) is 67.7 Å². The largest absolute Gasteiger partial charge is 0.349 e. The lowest BCUT2D eigenvalue weighted by molar-refractivity contribution is 0.0921. The molecule has 0 atom stereocenters. The van der Waals surface area contributed by atoms with Gasteiger partial charge in [0.25, 0.3) is 11.5 Å². The summed E-state index contributed by atoms with van der Waals surface area (Å²) in [6.07, 6.45) is 8.31. The van der Waals surface area contributed by atoms with Crippen molar-refractivity contribution < 1.29 is 9.18 Å². The molecule has 1 aliphatic heterocycles. The quantitative estimate of drug-likeness (QED) is 0.379. The average molecular weight is 560 g/mol. The monoisotopic (exact) mass is 559 g/mol. The molecule has 1 saturated heterocycles. The Balaban J connectivity index is 1.21. The van der Waals surface area contributed by atoms with Gasteiger partial charge in [0.05, 0.1) is 17.1 Å². The van der Waals surface area contributed by atoms with Crippen molar-refractivity contribution >= 4 is 28.7 Å². The number of nitrogens with one attached hydrogen (secondary N) is 1. The van der Waals surface area contributed by atoms with Crippen LogP contribution in [0.4, 0.5) is 4.39 Å². The van der Waals surface area contributed by atoms with Crippen LogP contribution in [0.1, 0.15) is 61.0 Å². The predicted molar refractivity (Wildman–Crippen MR) is 154 cm³/mol. The second-order valence-corrected chi connectivity index (χ2v) is 11.7. The summed E-state index contributed by atoms with van der Waals surface area (Å²) in [6, 6.07) is 12.3. The zero-order valence-electron chi connectivity index (χ0n) is 22.0. The highest BCUT2D eigenvalue weighted by Gasteiger charge is 2.30. The summed E-state index contributed by atoms with van der Waals surface area (Å²) in [5.74, 6) is 1.05. The molecule has 8 nitrogen and oxygen atoms in total. The van der Waals surface area contributed by atoms with E-state index in [9.17, 15) is 18.8 Å². The van der Waals surface area contributed by atoms with Crippen molar-refractivity contribution in [3.8, 4) is 11.1 Å². The summed E-state index contributed by atoms with van der Waals surface area (Å²) in [4.78, 5) is 48.8. The Bertz CT molecular complexity index is 1660. The zero-order valence-corrected chi connectivity index (χ0v) is 22.8. The van der Waals surface area contributed by atoms with Crippen LogP contribution < -0.4 is 16.6 Å². The molecule has 4 heterocycles. The van der Waals surface area contributed by atoms with E-state index in [1.54, 1.807) is 17.0 Å². The first kappa shape index (κ1) is 26.4. The number of pyridine rings is 2. The third-order valence-electron chi connectivity index (χ3n) is 7.98. The van der Waals surface area contributed by atoms with Crippen LogP contribution in [0.2, 0.25) is 0 Å². The molecule has 10 heteroatoms. The first-order valence-corrected chi connectivity index (χ1v) is 14.9. The van der Waals surface area contributed by atoms with Gasteiger partial charge in [-0.3, -0.25) is 23.7 Å². The molecular formula is C30H30FN5O3S. The molecule has 2 fully saturated rings. The normalized spacial score (nSPS) is 19.9. The summed E-state index contributed by atoms with van der Waals surface area (Å²) in [5.41, 5.74) is 1.73. The number of hydrogen-bond acceptors (Lipinski definition) is 6. The van der Waals surface area contributed by atoms with Crippen LogP contribution >= 0.6 is 11.8 Å². The topological polar surface area (TPSA) is 98.9 Å². The Kier molecular flexibility index (Phi) is 7.51. The third kappa shape index (κ3) is 5.20. The minimum Gasteiger partial charge on any atom is -0.349 e. The van der Waals surface area contributed by atoms with Gasteiger partial charge in [0, 0.05) is 36.1 Å². The number of amides is 1. The number of fused-ring (bicyclic) bond motifs is 1. The average Bonchev–Trinajstić information content (AvgIpc) is 2.99. The Morgan fingerprint density at radius 1 is 0.875 bits per heavy atom. The van der Waals surface area contributed by atoms with Crippen LogP contribution in [-0.2, 0) is 0 Å². The first-order chi connectivity index (χ1) is 19.5. The Morgan fingerprint density at radius 3 is 2.35 bits per heavy atom. The van der Waals surface area contributed by atoms with Crippen molar-refractivity contribution in [2.75, 3.05) is 11.5 Å². The Labute approximate surface area is 234 Å². The second-order valence-electron chi connectivity index (χ2n) is 10.5. The minimum absolute atomic E-state index is 0.0723. The van der Waals surface area contributed by atoms with E-state index in [0.717, 1.165) is 41.7 Å². The fourth-order valence-corrected chi connectivity index (χ4v) is 6.98. The summed E-state index contributed by atoms with van der Waals surface area (Å²) in [5, 5.41) is 3.24. The van der Waals surface area contributed by atoms with Crippen LogP contribution in [0.25, 0.3) is 22.2 Å². The molecule has 1 amide bonds. The van der Waals surface area contributed by atoms with Crippen molar-refractivity contribution in [3.63, 3.8) is 0 Å². The van der Waals surface area contributed by atoms with Gasteiger partial charge in [-0.2, -0.15) is 11.8 Å². The molecule has 0 unspecified atom stereocenters. The minimum atomic E-state index is -0.599. The van der Waals surface area contributed by atoms with Crippen molar-refractivity contribution in [2.45, 2.75) is 56.7 Å². The lowest BCUT2D eigenvalue weighted by atomic mass is 9.90. The number of hydrogen-bond donors (Lipinski definition) is 1. The molecule has 1 aliphatic carbocycles.